The molecule has 3 nitrogen and oxygen atoms in total. The van der Waals surface area contributed by atoms with Gasteiger partial charge >= 0.3 is 0 Å². The third-order valence-corrected chi connectivity index (χ3v) is 4.65. The molecule has 0 aromatic heterocycles. The molecule has 0 radical (unpaired) electrons. The fourth-order valence-electron chi connectivity index (χ4n) is 2.48. The maximum absolute atomic E-state index is 10.1. The third-order valence-electron chi connectivity index (χ3n) is 3.59. The highest BCUT2D eigenvalue weighted by atomic mass is 79.9. The van der Waals surface area contributed by atoms with Gasteiger partial charge in [-0.25, -0.2) is 0 Å². The Kier molecular flexibility index (Phi) is 5.06. The van der Waals surface area contributed by atoms with Gasteiger partial charge in [-0.3, -0.25) is 0 Å². The second-order valence-electron chi connectivity index (χ2n) is 5.13. The summed E-state index contributed by atoms with van der Waals surface area (Å²) in [6.07, 6.45) is 1.26. The number of phenolic OH excluding ortho intramolecular Hbond substituents is 1. The van der Waals surface area contributed by atoms with Gasteiger partial charge in [0.2, 0.25) is 0 Å². The highest BCUT2D eigenvalue weighted by molar-refractivity contribution is 9.11. The lowest BCUT2D eigenvalue weighted by Gasteiger charge is -2.17. The molecule has 0 spiro atoms. The number of halogens is 2. The molecule has 2 atom stereocenters. The Bertz CT molecular complexity index is 426. The molecular formula is C13H20Br2N2O+2. The van der Waals surface area contributed by atoms with Gasteiger partial charge in [0.15, 0.2) is 0 Å². The molecule has 100 valence electrons. The van der Waals surface area contributed by atoms with Crippen molar-refractivity contribution in [1.82, 2.24) is 0 Å². The summed E-state index contributed by atoms with van der Waals surface area (Å²) in [6.45, 7) is 5.75. The fraction of sp³-hybridized carbons (Fsp3) is 0.538. The van der Waals surface area contributed by atoms with Gasteiger partial charge in [-0.15, -0.1) is 0 Å². The van der Waals surface area contributed by atoms with E-state index in [2.05, 4.69) is 38.9 Å². The molecule has 2 unspecified atom stereocenters. The van der Waals surface area contributed by atoms with Crippen molar-refractivity contribution in [1.29, 1.82) is 0 Å². The van der Waals surface area contributed by atoms with Crippen molar-refractivity contribution < 1.29 is 14.9 Å². The summed E-state index contributed by atoms with van der Waals surface area (Å²) >= 11 is 6.88. The normalized spacial score (nSPS) is 24.8. The van der Waals surface area contributed by atoms with Crippen molar-refractivity contribution in [2.45, 2.75) is 13.0 Å². The van der Waals surface area contributed by atoms with E-state index in [0.29, 0.717) is 5.75 Å². The summed E-state index contributed by atoms with van der Waals surface area (Å²) in [5, 5.41) is 10.1. The van der Waals surface area contributed by atoms with Crippen LogP contribution in [-0.4, -0.2) is 38.3 Å². The van der Waals surface area contributed by atoms with Crippen LogP contribution in [0.1, 0.15) is 12.0 Å². The molecular weight excluding hydrogens is 360 g/mol. The van der Waals surface area contributed by atoms with E-state index in [9.17, 15) is 5.11 Å². The van der Waals surface area contributed by atoms with Crippen LogP contribution in [0, 0.1) is 0 Å². The zero-order valence-corrected chi connectivity index (χ0v) is 13.8. The van der Waals surface area contributed by atoms with Crippen molar-refractivity contribution in [2.75, 3.05) is 33.2 Å². The zero-order chi connectivity index (χ0) is 13.1. The second-order valence-corrected chi connectivity index (χ2v) is 6.90. The molecule has 0 aliphatic carbocycles. The van der Waals surface area contributed by atoms with E-state index in [4.69, 9.17) is 0 Å². The summed E-state index contributed by atoms with van der Waals surface area (Å²) in [7, 11) is 2.26. The van der Waals surface area contributed by atoms with E-state index < -0.39 is 0 Å². The summed E-state index contributed by atoms with van der Waals surface area (Å²) in [5.41, 5.74) is 1.02. The minimum atomic E-state index is 0.385. The van der Waals surface area contributed by atoms with Crippen LogP contribution in [-0.2, 0) is 6.54 Å². The minimum Gasteiger partial charge on any atom is -0.506 e. The van der Waals surface area contributed by atoms with Crippen LogP contribution in [0.3, 0.4) is 0 Å². The number of aromatic hydroxyl groups is 1. The quantitative estimate of drug-likeness (QED) is 0.674. The summed E-state index contributed by atoms with van der Waals surface area (Å²) < 4.78 is 1.78. The lowest BCUT2D eigenvalue weighted by atomic mass is 10.2. The van der Waals surface area contributed by atoms with Crippen LogP contribution in [0.15, 0.2) is 21.1 Å². The molecule has 18 heavy (non-hydrogen) atoms. The van der Waals surface area contributed by atoms with Gasteiger partial charge in [0, 0.05) is 10.9 Å². The molecule has 0 amide bonds. The van der Waals surface area contributed by atoms with Crippen molar-refractivity contribution >= 4 is 31.9 Å². The standard InChI is InChI=1S/C13H18Br2N2O/c1-16-3-2-4-17(6-5-16)9-10-7-11(14)8-12(15)13(10)18/h7-8,18H,2-6,9H2,1H3/p+2. The first kappa shape index (κ1) is 14.3. The Labute approximate surface area is 125 Å². The highest BCUT2D eigenvalue weighted by Crippen LogP contribution is 2.31. The number of likely N-dealkylation sites (N-methyl/N-ethyl adjacent to an activating group) is 1. The van der Waals surface area contributed by atoms with Gasteiger partial charge < -0.3 is 14.9 Å². The smallest absolute Gasteiger partial charge is 0.138 e. The number of quaternary nitrogens is 2. The number of hydrogen-bond acceptors (Lipinski definition) is 1. The number of nitrogens with one attached hydrogen (secondary N) is 2. The first-order valence-corrected chi connectivity index (χ1v) is 7.96. The third kappa shape index (κ3) is 3.70. The SMILES string of the molecule is C[NH+]1CCC[NH+](Cc2cc(Br)cc(Br)c2O)CC1. The Morgan fingerprint density at radius 2 is 1.94 bits per heavy atom. The maximum Gasteiger partial charge on any atom is 0.138 e. The number of phenols is 1. The molecule has 2 rings (SSSR count). The Morgan fingerprint density at radius 3 is 2.72 bits per heavy atom. The Hall–Kier alpha value is -0.100. The van der Waals surface area contributed by atoms with Crippen LogP contribution >= 0.6 is 31.9 Å². The highest BCUT2D eigenvalue weighted by Gasteiger charge is 2.19. The number of hydrogen-bond donors (Lipinski definition) is 3. The van der Waals surface area contributed by atoms with Crippen LogP contribution in [0.2, 0.25) is 0 Å². The zero-order valence-electron chi connectivity index (χ0n) is 10.6. The molecule has 1 aromatic rings. The van der Waals surface area contributed by atoms with Crippen molar-refractivity contribution in [3.63, 3.8) is 0 Å². The van der Waals surface area contributed by atoms with Crippen LogP contribution in [0.5, 0.6) is 5.75 Å². The lowest BCUT2D eigenvalue weighted by molar-refractivity contribution is -0.938. The fourth-order valence-corrected chi connectivity index (χ4v) is 3.79. The van der Waals surface area contributed by atoms with Gasteiger partial charge in [-0.1, -0.05) is 15.9 Å². The average molecular weight is 380 g/mol. The van der Waals surface area contributed by atoms with E-state index >= 15 is 0 Å². The second kappa shape index (κ2) is 6.37. The van der Waals surface area contributed by atoms with Gasteiger partial charge in [0.05, 0.1) is 30.2 Å². The predicted molar refractivity (Wildman–Crippen MR) is 79.1 cm³/mol. The van der Waals surface area contributed by atoms with Crippen LogP contribution in [0.25, 0.3) is 0 Å². The molecule has 1 aromatic carbocycles. The Balaban J connectivity index is 2.09. The van der Waals surface area contributed by atoms with E-state index in [-0.39, 0.29) is 0 Å². The Morgan fingerprint density at radius 1 is 1.17 bits per heavy atom. The molecule has 1 heterocycles. The van der Waals surface area contributed by atoms with E-state index in [1.54, 1.807) is 9.80 Å². The molecule has 1 saturated heterocycles. The summed E-state index contributed by atoms with van der Waals surface area (Å²) in [4.78, 5) is 3.18. The summed E-state index contributed by atoms with van der Waals surface area (Å²) in [5.74, 6) is 0.385. The van der Waals surface area contributed by atoms with Gasteiger partial charge in [0.25, 0.3) is 0 Å². The average Bonchev–Trinajstić information content (AvgIpc) is 2.51. The lowest BCUT2D eigenvalue weighted by Crippen LogP contribution is -3.15. The van der Waals surface area contributed by atoms with Gasteiger partial charge in [0.1, 0.15) is 25.4 Å². The van der Waals surface area contributed by atoms with E-state index in [1.807, 2.05) is 12.1 Å². The topological polar surface area (TPSA) is 29.1 Å². The monoisotopic (exact) mass is 378 g/mol. The summed E-state index contributed by atoms with van der Waals surface area (Å²) in [6, 6.07) is 3.91. The number of rotatable bonds is 2. The minimum absolute atomic E-state index is 0.385. The molecule has 0 bridgehead atoms. The van der Waals surface area contributed by atoms with Crippen molar-refractivity contribution in [3.05, 3.63) is 26.6 Å². The van der Waals surface area contributed by atoms with Gasteiger partial charge in [-0.05, 0) is 28.1 Å². The largest absolute Gasteiger partial charge is 0.506 e. The number of benzene rings is 1. The molecule has 1 fully saturated rings. The van der Waals surface area contributed by atoms with Gasteiger partial charge in [-0.2, -0.15) is 0 Å². The molecule has 5 heteroatoms. The first-order valence-electron chi connectivity index (χ1n) is 6.38. The van der Waals surface area contributed by atoms with Crippen LogP contribution in [0.4, 0.5) is 0 Å². The van der Waals surface area contributed by atoms with Crippen molar-refractivity contribution in [3.8, 4) is 5.75 Å². The molecule has 1 aliphatic rings. The molecule has 3 N–H and O–H groups in total. The maximum atomic E-state index is 10.1. The van der Waals surface area contributed by atoms with E-state index in [0.717, 1.165) is 21.1 Å². The van der Waals surface area contributed by atoms with Crippen LogP contribution < -0.4 is 9.80 Å². The predicted octanol–water partition coefficient (Wildman–Crippen LogP) is 0.221. The van der Waals surface area contributed by atoms with E-state index in [1.165, 1.54) is 32.6 Å². The molecule has 0 saturated carbocycles. The first-order chi connectivity index (χ1) is 8.56. The van der Waals surface area contributed by atoms with Crippen molar-refractivity contribution in [2.24, 2.45) is 0 Å². The molecule has 1 aliphatic heterocycles.